The fourth-order valence-corrected chi connectivity index (χ4v) is 2.50. The van der Waals surface area contributed by atoms with Crippen molar-refractivity contribution < 1.29 is 119 Å². The van der Waals surface area contributed by atoms with E-state index in [0.717, 1.165) is 0 Å². The Morgan fingerprint density at radius 1 is 0.375 bits per heavy atom. The van der Waals surface area contributed by atoms with Crippen molar-refractivity contribution >= 4 is 15.2 Å². The maximum Gasteiger partial charge on any atom is 0.460 e. The monoisotopic (exact) mass is 678 g/mol. The summed E-state index contributed by atoms with van der Waals surface area (Å²) in [6.45, 7) is 0. The van der Waals surface area contributed by atoms with E-state index in [2.05, 4.69) is 0 Å². The normalized spacial score (nSPS) is 16.8. The van der Waals surface area contributed by atoms with E-state index in [-0.39, 0.29) is 0 Å². The van der Waals surface area contributed by atoms with E-state index in [1.807, 2.05) is 0 Å². The third-order valence-corrected chi connectivity index (χ3v) is 5.12. The molecule has 28 heteroatoms. The van der Waals surface area contributed by atoms with Crippen molar-refractivity contribution in [3.8, 4) is 0 Å². The molecule has 0 atom stereocenters. The van der Waals surface area contributed by atoms with E-state index in [1.165, 1.54) is 0 Å². The fourth-order valence-electron chi connectivity index (χ4n) is 2.05. The predicted molar refractivity (Wildman–Crippen MR) is 72.1 cm³/mol. The second-order valence-electron chi connectivity index (χ2n) is 7.00. The number of rotatable bonds is 10. The van der Waals surface area contributed by atoms with Crippen LogP contribution >= 0.6 is 0 Å². The summed E-state index contributed by atoms with van der Waals surface area (Å²) in [5, 5.41) is -5.01. The molecule has 0 spiro atoms. The number of carbonyl (C=O) groups excluding carboxylic acids is 1. The van der Waals surface area contributed by atoms with E-state index in [1.54, 1.807) is 0 Å². The zero-order valence-electron chi connectivity index (χ0n) is 16.8. The first-order valence-electron chi connectivity index (χ1n) is 8.02. The quantitative estimate of drug-likeness (QED) is 0.217. The summed E-state index contributed by atoms with van der Waals surface area (Å²) >= 11 is 0. The van der Waals surface area contributed by atoms with Crippen molar-refractivity contribution in [2.75, 3.05) is 0 Å². The van der Waals surface area contributed by atoms with Crippen LogP contribution in [0.1, 0.15) is 0 Å². The average molecular weight is 678 g/mol. The number of hydrogen-bond acceptors (Lipinski definition) is 3. The molecule has 0 fully saturated rings. The van der Waals surface area contributed by atoms with E-state index in [9.17, 15) is 114 Å². The lowest BCUT2D eigenvalue weighted by atomic mass is 9.85. The lowest BCUT2D eigenvalue weighted by Crippen LogP contribution is -2.78. The molecule has 1 N–H and O–H groups in total. The number of hydrogen-bond donors (Lipinski definition) is 1. The number of carbonyl (C=O) groups is 1. The lowest BCUT2D eigenvalue weighted by molar-refractivity contribution is -0.477. The van der Waals surface area contributed by atoms with Crippen LogP contribution < -0.4 is 0 Å². The highest BCUT2D eigenvalue weighted by Crippen LogP contribution is 2.67. The van der Waals surface area contributed by atoms with Crippen LogP contribution in [0.2, 0.25) is 0 Å². The maximum absolute atomic E-state index is 13.5. The highest BCUT2D eigenvalue weighted by molar-refractivity contribution is 8.01. The molecule has 240 valence electrons. The zero-order valence-corrected chi connectivity index (χ0v) is 17.6. The highest BCUT2D eigenvalue weighted by atomic mass is 32.2. The number of alkyl halides is 23. The van der Waals surface area contributed by atoms with Crippen molar-refractivity contribution in [3.05, 3.63) is 0 Å². The second kappa shape index (κ2) is 8.98. The van der Waals surface area contributed by atoms with Crippen LogP contribution in [-0.2, 0) is 14.9 Å². The second-order valence-corrected chi connectivity index (χ2v) is 8.33. The summed E-state index contributed by atoms with van der Waals surface area (Å²) in [6.07, 6.45) is -8.18. The van der Waals surface area contributed by atoms with Gasteiger partial charge in [-0.2, -0.15) is 109 Å². The van der Waals surface area contributed by atoms with Gasteiger partial charge >= 0.3 is 80.6 Å². The van der Waals surface area contributed by atoms with E-state index < -0.39 is 80.6 Å². The smallest absolute Gasteiger partial charge is 0.279 e. The summed E-state index contributed by atoms with van der Waals surface area (Å²) in [5.41, 5.74) is 0. The van der Waals surface area contributed by atoms with Crippen LogP contribution in [0, 0.1) is 0 Å². The molecule has 0 unspecified atom stereocenters. The molecule has 0 aromatic carbocycles. The molecule has 4 nitrogen and oxygen atoms in total. The van der Waals surface area contributed by atoms with Crippen LogP contribution in [-0.4, -0.2) is 83.5 Å². The lowest BCUT2D eigenvalue weighted by Gasteiger charge is -2.44. The molecule has 0 rings (SSSR count). The Morgan fingerprint density at radius 3 is 0.725 bits per heavy atom. The summed E-state index contributed by atoms with van der Waals surface area (Å²) < 4.78 is 329. The van der Waals surface area contributed by atoms with Gasteiger partial charge in [-0.25, -0.2) is 0 Å². The molecule has 0 heterocycles. The van der Waals surface area contributed by atoms with Crippen molar-refractivity contribution in [2.24, 2.45) is 0 Å². The zero-order chi connectivity index (χ0) is 33.6. The van der Waals surface area contributed by atoms with Gasteiger partial charge in [0.1, 0.15) is 0 Å². The summed E-state index contributed by atoms with van der Waals surface area (Å²) in [4.78, 5) is 10.5. The van der Waals surface area contributed by atoms with Gasteiger partial charge in [-0.1, -0.05) is 0 Å². The summed E-state index contributed by atoms with van der Waals surface area (Å²) in [6, 6.07) is 0. The first-order valence-corrected chi connectivity index (χ1v) is 9.46. The third kappa shape index (κ3) is 4.40. The summed E-state index contributed by atoms with van der Waals surface area (Å²) in [5.74, 6) is -91.7. The molecular formula is C12HF23O4S. The molecule has 0 aliphatic carbocycles. The molecule has 0 aromatic rings. The molecule has 0 saturated heterocycles. The molecule has 0 saturated carbocycles. The van der Waals surface area contributed by atoms with Gasteiger partial charge in [-0.3, -0.25) is 9.35 Å². The van der Waals surface area contributed by atoms with Gasteiger partial charge in [0.2, 0.25) is 0 Å². The van der Waals surface area contributed by atoms with Gasteiger partial charge in [0.15, 0.2) is 0 Å². The third-order valence-electron chi connectivity index (χ3n) is 4.40. The van der Waals surface area contributed by atoms with Crippen LogP contribution in [0.4, 0.5) is 101 Å². The standard InChI is InChI=1S/C12HF23O4S/c13-2(14,1(36)40(37,38)39)3(15,16)4(17,18)5(19,20)6(21,22)7(23,24)8(25,26)9(27,28)10(29,30)11(31,32)12(33,34)35/h(H,37,38,39). The van der Waals surface area contributed by atoms with Gasteiger partial charge in [0.25, 0.3) is 0 Å². The van der Waals surface area contributed by atoms with Crippen LogP contribution in [0.25, 0.3) is 0 Å². The molecular weight excluding hydrogens is 677 g/mol. The van der Waals surface area contributed by atoms with E-state index >= 15 is 0 Å². The Bertz CT molecular complexity index is 1100. The Labute approximate surface area is 200 Å². The van der Waals surface area contributed by atoms with Crippen molar-refractivity contribution in [1.29, 1.82) is 0 Å². The first-order chi connectivity index (χ1) is 16.7. The minimum absolute atomic E-state index is 5.01. The van der Waals surface area contributed by atoms with E-state index in [0.29, 0.717) is 0 Å². The predicted octanol–water partition coefficient (Wildman–Crippen LogP) is 6.32. The summed E-state index contributed by atoms with van der Waals surface area (Å²) in [7, 11) is -7.45. The van der Waals surface area contributed by atoms with E-state index in [4.69, 9.17) is 4.55 Å². The first kappa shape index (κ1) is 38.0. The van der Waals surface area contributed by atoms with Gasteiger partial charge < -0.3 is 0 Å². The van der Waals surface area contributed by atoms with Crippen LogP contribution in [0.15, 0.2) is 0 Å². The molecule has 0 amide bonds. The molecule has 40 heavy (non-hydrogen) atoms. The van der Waals surface area contributed by atoms with Gasteiger partial charge in [0.05, 0.1) is 0 Å². The fraction of sp³-hybridized carbons (Fsp3) is 0.917. The Balaban J connectivity index is 7.37. The SMILES string of the molecule is O=C(C(F)(F)C(F)(F)C(F)(F)C(F)(F)C(F)(F)C(F)(F)C(F)(F)C(F)(F)C(F)(F)C(F)(F)C(F)(F)F)S(=O)(=O)O. The number of halogens is 23. The Kier molecular flexibility index (Phi) is 8.53. The van der Waals surface area contributed by atoms with Gasteiger partial charge in [-0.05, 0) is 0 Å². The minimum Gasteiger partial charge on any atom is -0.279 e. The van der Waals surface area contributed by atoms with Crippen LogP contribution in [0.5, 0.6) is 0 Å². The van der Waals surface area contributed by atoms with Gasteiger partial charge in [0, 0.05) is 0 Å². The molecule has 0 radical (unpaired) electrons. The van der Waals surface area contributed by atoms with Crippen molar-refractivity contribution in [1.82, 2.24) is 0 Å². The van der Waals surface area contributed by atoms with Crippen LogP contribution in [0.3, 0.4) is 0 Å². The largest absolute Gasteiger partial charge is 0.460 e. The average Bonchev–Trinajstić information content (AvgIpc) is 2.70. The minimum atomic E-state index is -9.63. The topological polar surface area (TPSA) is 71.4 Å². The molecule has 0 aliphatic heterocycles. The van der Waals surface area contributed by atoms with Gasteiger partial charge in [-0.15, -0.1) is 0 Å². The van der Waals surface area contributed by atoms with Crippen molar-refractivity contribution in [2.45, 2.75) is 65.4 Å². The highest BCUT2D eigenvalue weighted by Gasteiger charge is 2.99. The molecule has 0 aromatic heterocycles. The molecule has 0 bridgehead atoms. The molecule has 0 aliphatic rings. The Morgan fingerprint density at radius 2 is 0.550 bits per heavy atom. The Hall–Kier alpha value is -2.03. The van der Waals surface area contributed by atoms with Crippen molar-refractivity contribution in [3.63, 3.8) is 0 Å². The maximum atomic E-state index is 13.5.